The Balaban J connectivity index is 0.000000224. The maximum Gasteiger partial charge on any atom is 0.407 e. The molecule has 0 saturated carbocycles. The SMILES string of the molecule is CC(C)(C)OC(=O)NC1CN(CCCCCNC(=O)c2cc(-c3cccs3)on2)C1.CC(C)(C)OC(=O)NC1CNC1.O=CCCCCNC(=O)c1cc(-c2cccs2)on1. The fourth-order valence-corrected chi connectivity index (χ4v) is 6.94. The molecule has 334 valence electrons. The third-order valence-electron chi connectivity index (χ3n) is 8.66. The maximum atomic E-state index is 12.2. The van der Waals surface area contributed by atoms with Crippen molar-refractivity contribution in [2.45, 2.75) is 103 Å². The van der Waals surface area contributed by atoms with Crippen LogP contribution in [-0.4, -0.2) is 115 Å². The summed E-state index contributed by atoms with van der Waals surface area (Å²) < 4.78 is 20.7. The van der Waals surface area contributed by atoms with Gasteiger partial charge in [0.25, 0.3) is 11.8 Å². The summed E-state index contributed by atoms with van der Waals surface area (Å²) in [5.74, 6) is 0.753. The summed E-state index contributed by atoms with van der Waals surface area (Å²) in [6.45, 7) is 16.7. The van der Waals surface area contributed by atoms with Crippen molar-refractivity contribution in [1.82, 2.24) is 41.8 Å². The molecule has 17 nitrogen and oxygen atoms in total. The molecule has 6 rings (SSSR count). The van der Waals surface area contributed by atoms with E-state index in [0.717, 1.165) is 80.9 Å². The molecule has 0 aromatic carbocycles. The maximum absolute atomic E-state index is 12.2. The lowest BCUT2D eigenvalue weighted by molar-refractivity contribution is -0.107. The predicted molar refractivity (Wildman–Crippen MR) is 234 cm³/mol. The molecule has 2 saturated heterocycles. The summed E-state index contributed by atoms with van der Waals surface area (Å²) in [5.41, 5.74) is -0.286. The highest BCUT2D eigenvalue weighted by Gasteiger charge is 2.29. The lowest BCUT2D eigenvalue weighted by atomic mass is 10.1. The number of rotatable bonds is 17. The Bertz CT molecular complexity index is 1920. The summed E-state index contributed by atoms with van der Waals surface area (Å²) in [4.78, 5) is 61.1. The zero-order valence-corrected chi connectivity index (χ0v) is 37.5. The van der Waals surface area contributed by atoms with E-state index < -0.39 is 11.2 Å². The third kappa shape index (κ3) is 18.6. The first kappa shape index (κ1) is 48.6. The van der Waals surface area contributed by atoms with Gasteiger partial charge in [0, 0.05) is 57.8 Å². The summed E-state index contributed by atoms with van der Waals surface area (Å²) in [7, 11) is 0. The fourth-order valence-electron chi connectivity index (χ4n) is 5.59. The summed E-state index contributed by atoms with van der Waals surface area (Å²) in [5, 5.41) is 25.8. The number of alkyl carbamates (subject to hydrolysis) is 2. The van der Waals surface area contributed by atoms with Crippen LogP contribution >= 0.6 is 22.7 Å². The van der Waals surface area contributed by atoms with Crippen molar-refractivity contribution in [1.29, 1.82) is 0 Å². The molecular weight excluding hydrogens is 825 g/mol. The van der Waals surface area contributed by atoms with Crippen molar-refractivity contribution in [2.24, 2.45) is 0 Å². The van der Waals surface area contributed by atoms with Gasteiger partial charge >= 0.3 is 12.2 Å². The van der Waals surface area contributed by atoms with Gasteiger partial charge in [-0.2, -0.15) is 0 Å². The Morgan fingerprint density at radius 3 is 1.67 bits per heavy atom. The summed E-state index contributed by atoms with van der Waals surface area (Å²) >= 11 is 3.07. The van der Waals surface area contributed by atoms with Crippen LogP contribution in [0.15, 0.2) is 56.2 Å². The minimum Gasteiger partial charge on any atom is -0.444 e. The van der Waals surface area contributed by atoms with Crippen LogP contribution in [0.25, 0.3) is 21.3 Å². The molecule has 5 N–H and O–H groups in total. The highest BCUT2D eigenvalue weighted by Crippen LogP contribution is 2.26. The molecule has 0 spiro atoms. The van der Waals surface area contributed by atoms with Crippen LogP contribution in [0.2, 0.25) is 0 Å². The summed E-state index contributed by atoms with van der Waals surface area (Å²) in [6.07, 6.45) is 5.29. The number of amides is 4. The monoisotopic (exact) mass is 884 g/mol. The number of ether oxygens (including phenoxy) is 2. The van der Waals surface area contributed by atoms with Gasteiger partial charge in [0.2, 0.25) is 0 Å². The average molecular weight is 885 g/mol. The second-order valence-electron chi connectivity index (χ2n) is 16.4. The number of aromatic nitrogens is 2. The highest BCUT2D eigenvalue weighted by molar-refractivity contribution is 7.13. The van der Waals surface area contributed by atoms with Crippen LogP contribution in [0.4, 0.5) is 9.59 Å². The van der Waals surface area contributed by atoms with Crippen molar-refractivity contribution in [3.05, 3.63) is 58.5 Å². The van der Waals surface area contributed by atoms with Crippen LogP contribution < -0.4 is 26.6 Å². The molecule has 4 aromatic heterocycles. The predicted octanol–water partition coefficient (Wildman–Crippen LogP) is 6.50. The van der Waals surface area contributed by atoms with E-state index in [1.54, 1.807) is 23.5 Å². The molecule has 2 fully saturated rings. The van der Waals surface area contributed by atoms with E-state index in [9.17, 15) is 24.0 Å². The van der Waals surface area contributed by atoms with Crippen molar-refractivity contribution in [2.75, 3.05) is 45.8 Å². The molecule has 61 heavy (non-hydrogen) atoms. The number of likely N-dealkylation sites (tertiary alicyclic amines) is 1. The third-order valence-corrected chi connectivity index (χ3v) is 10.4. The number of thiophene rings is 2. The smallest absolute Gasteiger partial charge is 0.407 e. The minimum absolute atomic E-state index is 0.167. The van der Waals surface area contributed by atoms with Gasteiger partial charge in [0.05, 0.1) is 21.8 Å². The van der Waals surface area contributed by atoms with E-state index in [0.29, 0.717) is 36.7 Å². The van der Waals surface area contributed by atoms with Gasteiger partial charge in [-0.05, 0) is 96.7 Å². The van der Waals surface area contributed by atoms with Crippen molar-refractivity contribution >= 4 is 53.0 Å². The number of aldehydes is 1. The van der Waals surface area contributed by atoms with Gasteiger partial charge in [0.15, 0.2) is 22.9 Å². The molecule has 0 unspecified atom stereocenters. The average Bonchev–Trinajstić information content (AvgIpc) is 4.00. The Morgan fingerprint density at radius 2 is 1.25 bits per heavy atom. The molecule has 0 aliphatic carbocycles. The van der Waals surface area contributed by atoms with E-state index in [2.05, 4.69) is 41.8 Å². The molecule has 6 heterocycles. The summed E-state index contributed by atoms with van der Waals surface area (Å²) in [6, 6.07) is 11.4. The highest BCUT2D eigenvalue weighted by atomic mass is 32.1. The fraction of sp³-hybridized carbons (Fsp3) is 0.548. The molecule has 4 amide bonds. The zero-order valence-electron chi connectivity index (χ0n) is 35.9. The normalized spacial score (nSPS) is 14.1. The standard InChI is InChI=1S/C21H30N4O4S.C13H14N2O3S.C8H16N2O2/c1-21(2,3)28-20(27)23-15-13-25(14-15)10-6-4-5-9-22-19(26)16-12-17(29-24-16)18-8-7-11-30-18;16-7-3-1-2-6-14-13(17)10-9-11(18-15-10)12-5-4-8-19-12;1-8(2,3)12-7(11)10-6-4-9-5-6/h7-8,11-12,15H,4-6,9-10,13-14H2,1-3H3,(H,22,26)(H,23,27);4-5,7-9H,1-3,6H2,(H,14,17);6,9H,4-5H2,1-3H3,(H,10,11). The Morgan fingerprint density at radius 1 is 0.754 bits per heavy atom. The molecule has 2 aliphatic rings. The number of hydrogen-bond donors (Lipinski definition) is 5. The van der Waals surface area contributed by atoms with Crippen molar-refractivity contribution < 1.29 is 42.5 Å². The number of nitrogens with zero attached hydrogens (tertiary/aromatic N) is 3. The van der Waals surface area contributed by atoms with Crippen LogP contribution in [0.5, 0.6) is 0 Å². The first-order chi connectivity index (χ1) is 29.1. The van der Waals surface area contributed by atoms with Crippen LogP contribution in [-0.2, 0) is 14.3 Å². The molecule has 0 radical (unpaired) electrons. The van der Waals surface area contributed by atoms with Crippen LogP contribution in [0, 0.1) is 0 Å². The zero-order chi connectivity index (χ0) is 44.3. The largest absolute Gasteiger partial charge is 0.444 e. The van der Waals surface area contributed by atoms with Gasteiger partial charge < -0.3 is 49.9 Å². The van der Waals surface area contributed by atoms with E-state index in [-0.39, 0.29) is 41.8 Å². The number of hydrogen-bond acceptors (Lipinski definition) is 15. The topological polar surface area (TPSA) is 219 Å². The van der Waals surface area contributed by atoms with Gasteiger partial charge in [-0.15, -0.1) is 22.7 Å². The molecular formula is C42H60N8O9S2. The van der Waals surface area contributed by atoms with Gasteiger partial charge in [-0.3, -0.25) is 14.5 Å². The quantitative estimate of drug-likeness (QED) is 0.0566. The molecule has 0 bridgehead atoms. The van der Waals surface area contributed by atoms with E-state index in [1.165, 1.54) is 11.3 Å². The second kappa shape index (κ2) is 24.4. The Labute approximate surface area is 365 Å². The molecule has 4 aromatic rings. The molecule has 2 aliphatic heterocycles. The van der Waals surface area contributed by atoms with E-state index >= 15 is 0 Å². The number of carbonyl (C=O) groups excluding carboxylic acids is 5. The lowest BCUT2D eigenvalue weighted by Gasteiger charge is -2.39. The first-order valence-electron chi connectivity index (χ1n) is 20.5. The Hall–Kier alpha value is -5.11. The van der Waals surface area contributed by atoms with Crippen molar-refractivity contribution in [3.8, 4) is 21.3 Å². The van der Waals surface area contributed by atoms with E-state index in [4.69, 9.17) is 18.5 Å². The number of unbranched alkanes of at least 4 members (excludes halogenated alkanes) is 4. The van der Waals surface area contributed by atoms with Gasteiger partial charge in [-0.1, -0.05) is 28.9 Å². The Kier molecular flexibility index (Phi) is 19.4. The van der Waals surface area contributed by atoms with Gasteiger partial charge in [0.1, 0.15) is 17.5 Å². The van der Waals surface area contributed by atoms with Crippen molar-refractivity contribution in [3.63, 3.8) is 0 Å². The minimum atomic E-state index is -0.469. The van der Waals surface area contributed by atoms with Crippen LogP contribution in [0.1, 0.15) is 101 Å². The lowest BCUT2D eigenvalue weighted by Crippen LogP contribution is -2.59. The van der Waals surface area contributed by atoms with Gasteiger partial charge in [-0.25, -0.2) is 9.59 Å². The second-order valence-corrected chi connectivity index (χ2v) is 18.3. The molecule has 0 atom stereocenters. The number of nitrogens with one attached hydrogen (secondary N) is 5. The van der Waals surface area contributed by atoms with E-state index in [1.807, 2.05) is 76.6 Å². The first-order valence-corrected chi connectivity index (χ1v) is 22.3. The van der Waals surface area contributed by atoms with Crippen LogP contribution in [0.3, 0.4) is 0 Å². The molecule has 19 heteroatoms. The number of carbonyl (C=O) groups is 5.